The summed E-state index contributed by atoms with van der Waals surface area (Å²) in [6, 6.07) is 12.7. The van der Waals surface area contributed by atoms with Crippen molar-refractivity contribution in [3.8, 4) is 11.5 Å². The van der Waals surface area contributed by atoms with Gasteiger partial charge in [0.05, 0.1) is 6.04 Å². The van der Waals surface area contributed by atoms with Crippen molar-refractivity contribution in [1.82, 2.24) is 5.32 Å². The van der Waals surface area contributed by atoms with Crippen molar-refractivity contribution in [2.24, 2.45) is 5.73 Å². The lowest BCUT2D eigenvalue weighted by atomic mass is 9.80. The highest BCUT2D eigenvalue weighted by molar-refractivity contribution is 5.85. The number of hydrogen-bond acceptors (Lipinski definition) is 6. The number of rotatable bonds is 6. The number of ether oxygens (including phenoxy) is 2. The van der Waals surface area contributed by atoms with E-state index in [4.69, 9.17) is 15.2 Å². The topological polar surface area (TPSA) is 108 Å². The largest absolute Gasteiger partial charge is 0.423 e. The number of nitrogens with one attached hydrogen (secondary N) is 1. The van der Waals surface area contributed by atoms with E-state index in [1.165, 1.54) is 13.8 Å². The zero-order chi connectivity index (χ0) is 22.5. The van der Waals surface area contributed by atoms with Crippen molar-refractivity contribution >= 4 is 23.4 Å². The van der Waals surface area contributed by atoms with Crippen LogP contribution < -0.4 is 20.5 Å². The fourth-order valence-corrected chi connectivity index (χ4v) is 3.62. The molecule has 0 aromatic heterocycles. The maximum atomic E-state index is 12.0. The molecule has 7 nitrogen and oxygen atoms in total. The van der Waals surface area contributed by atoms with E-state index in [0.717, 1.165) is 22.3 Å². The Labute approximate surface area is 181 Å². The van der Waals surface area contributed by atoms with Crippen molar-refractivity contribution in [3.05, 3.63) is 65.2 Å². The first-order valence-electron chi connectivity index (χ1n) is 10.1. The second-order valence-electron chi connectivity index (χ2n) is 7.53. The van der Waals surface area contributed by atoms with Crippen LogP contribution in [0.3, 0.4) is 0 Å². The molecule has 0 heterocycles. The third kappa shape index (κ3) is 5.38. The highest BCUT2D eigenvalue weighted by Crippen LogP contribution is 2.43. The number of fused-ring (bicyclic) bond motifs is 1. The van der Waals surface area contributed by atoms with Gasteiger partial charge < -0.3 is 20.5 Å². The van der Waals surface area contributed by atoms with Crippen LogP contribution >= 0.6 is 0 Å². The lowest BCUT2D eigenvalue weighted by Crippen LogP contribution is -2.39. The molecule has 2 atom stereocenters. The summed E-state index contributed by atoms with van der Waals surface area (Å²) < 4.78 is 10.8. The van der Waals surface area contributed by atoms with Gasteiger partial charge in [-0.2, -0.15) is 0 Å². The number of nitrogens with two attached hydrogens (primary N) is 1. The van der Waals surface area contributed by atoms with Crippen LogP contribution in [-0.2, 0) is 20.8 Å². The van der Waals surface area contributed by atoms with Crippen molar-refractivity contribution in [3.63, 3.8) is 0 Å². The van der Waals surface area contributed by atoms with E-state index in [2.05, 4.69) is 11.4 Å². The summed E-state index contributed by atoms with van der Waals surface area (Å²) in [4.78, 5) is 35.4. The Kier molecular flexibility index (Phi) is 6.87. The molecule has 1 aliphatic carbocycles. The molecule has 1 aliphatic rings. The molecular formula is C24H26N2O5. The van der Waals surface area contributed by atoms with Crippen LogP contribution in [0.5, 0.6) is 11.5 Å². The average Bonchev–Trinajstić information content (AvgIpc) is 2.73. The number of allylic oxidation sites excluding steroid dienone is 1. The lowest BCUT2D eigenvalue weighted by molar-refractivity contribution is -0.134. The normalized spacial score (nSPS) is 15.9. The van der Waals surface area contributed by atoms with E-state index in [-0.39, 0.29) is 29.9 Å². The van der Waals surface area contributed by atoms with Crippen LogP contribution in [-0.4, -0.2) is 30.4 Å². The zero-order valence-electron chi connectivity index (χ0n) is 17.8. The smallest absolute Gasteiger partial charge is 0.308 e. The highest BCUT2D eigenvalue weighted by Gasteiger charge is 2.27. The first-order chi connectivity index (χ1) is 14.8. The Hall–Kier alpha value is -3.45. The van der Waals surface area contributed by atoms with Crippen molar-refractivity contribution in [2.45, 2.75) is 39.2 Å². The number of carbonyl (C=O) groups excluding carboxylic acids is 3. The first-order valence-corrected chi connectivity index (χ1v) is 10.1. The van der Waals surface area contributed by atoms with Gasteiger partial charge >= 0.3 is 11.9 Å². The van der Waals surface area contributed by atoms with Gasteiger partial charge in [-0.3, -0.25) is 14.4 Å². The Balaban J connectivity index is 2.09. The van der Waals surface area contributed by atoms with E-state index in [0.29, 0.717) is 6.42 Å². The van der Waals surface area contributed by atoms with E-state index < -0.39 is 18.0 Å². The lowest BCUT2D eigenvalue weighted by Gasteiger charge is -2.27. The second-order valence-corrected chi connectivity index (χ2v) is 7.53. The number of amides is 1. The number of benzene rings is 2. The molecule has 1 unspecified atom stereocenters. The molecular weight excluding hydrogens is 396 g/mol. The van der Waals surface area contributed by atoms with Crippen LogP contribution in [0.1, 0.15) is 43.4 Å². The second kappa shape index (κ2) is 9.57. The Morgan fingerprint density at radius 2 is 1.74 bits per heavy atom. The molecule has 3 rings (SSSR count). The Morgan fingerprint density at radius 3 is 2.35 bits per heavy atom. The van der Waals surface area contributed by atoms with E-state index in [1.807, 2.05) is 36.4 Å². The molecule has 2 aromatic carbocycles. The van der Waals surface area contributed by atoms with Gasteiger partial charge in [0, 0.05) is 31.9 Å². The molecule has 2 aromatic rings. The minimum Gasteiger partial charge on any atom is -0.423 e. The fraction of sp³-hybridized carbons (Fsp3) is 0.292. The van der Waals surface area contributed by atoms with Crippen molar-refractivity contribution < 1.29 is 23.9 Å². The zero-order valence-corrected chi connectivity index (χ0v) is 17.8. The van der Waals surface area contributed by atoms with Gasteiger partial charge in [0.2, 0.25) is 5.91 Å². The first kappa shape index (κ1) is 22.2. The highest BCUT2D eigenvalue weighted by atomic mass is 16.6. The molecule has 0 saturated carbocycles. The summed E-state index contributed by atoms with van der Waals surface area (Å²) in [5, 5.41) is 2.85. The predicted octanol–water partition coefficient (Wildman–Crippen LogP) is 2.72. The number of carbonyl (C=O) groups is 3. The molecule has 3 N–H and O–H groups in total. The molecule has 0 radical (unpaired) electrons. The molecule has 31 heavy (non-hydrogen) atoms. The maximum Gasteiger partial charge on any atom is 0.308 e. The summed E-state index contributed by atoms with van der Waals surface area (Å²) in [7, 11) is 0. The fourth-order valence-electron chi connectivity index (χ4n) is 3.62. The summed E-state index contributed by atoms with van der Waals surface area (Å²) in [6.07, 6.45) is 2.64. The summed E-state index contributed by atoms with van der Waals surface area (Å²) >= 11 is 0. The third-order valence-corrected chi connectivity index (χ3v) is 4.99. The van der Waals surface area contributed by atoms with Crippen LogP contribution in [0.25, 0.3) is 5.57 Å². The predicted molar refractivity (Wildman–Crippen MR) is 117 cm³/mol. The average molecular weight is 422 g/mol. The van der Waals surface area contributed by atoms with Crippen LogP contribution in [0.4, 0.5) is 0 Å². The van der Waals surface area contributed by atoms with Gasteiger partial charge in [0.15, 0.2) is 11.5 Å². The standard InChI is InChI=1S/C24H26N2O5/c1-14(25)24(29)26-13-19-11-18(17-7-5-4-6-8-17)12-21-20(19)9-10-22(30-15(2)27)23(21)31-16(3)28/h4-11,14,18H,12-13,25H2,1-3H3,(H,26,29)/t14-,18?/m0/s1. The van der Waals surface area contributed by atoms with Gasteiger partial charge in [-0.25, -0.2) is 0 Å². The van der Waals surface area contributed by atoms with Crippen molar-refractivity contribution in [2.75, 3.05) is 6.54 Å². The molecule has 7 heteroatoms. The molecule has 0 saturated heterocycles. The van der Waals surface area contributed by atoms with E-state index in [9.17, 15) is 14.4 Å². The maximum absolute atomic E-state index is 12.0. The molecule has 1 amide bonds. The quantitative estimate of drug-likeness (QED) is 0.547. The molecule has 162 valence electrons. The minimum absolute atomic E-state index is 0.0159. The molecule has 0 spiro atoms. The summed E-state index contributed by atoms with van der Waals surface area (Å²) in [6.45, 7) is 4.48. The summed E-state index contributed by atoms with van der Waals surface area (Å²) in [5.41, 5.74) is 9.19. The Bertz CT molecular complexity index is 1030. The van der Waals surface area contributed by atoms with Gasteiger partial charge in [-0.15, -0.1) is 0 Å². The molecule has 0 aliphatic heterocycles. The van der Waals surface area contributed by atoms with Gasteiger partial charge in [0.25, 0.3) is 0 Å². The van der Waals surface area contributed by atoms with E-state index >= 15 is 0 Å². The van der Waals surface area contributed by atoms with Crippen molar-refractivity contribution in [1.29, 1.82) is 0 Å². The van der Waals surface area contributed by atoms with Gasteiger partial charge in [-0.05, 0) is 36.1 Å². The monoisotopic (exact) mass is 422 g/mol. The van der Waals surface area contributed by atoms with Crippen LogP contribution in [0.15, 0.2) is 48.5 Å². The third-order valence-electron chi connectivity index (χ3n) is 4.99. The molecule has 0 bridgehead atoms. The minimum atomic E-state index is -0.628. The van der Waals surface area contributed by atoms with Gasteiger partial charge in [0.1, 0.15) is 0 Å². The summed E-state index contributed by atoms with van der Waals surface area (Å²) in [5.74, 6) is -0.888. The van der Waals surface area contributed by atoms with Crippen LogP contribution in [0, 0.1) is 0 Å². The van der Waals surface area contributed by atoms with E-state index in [1.54, 1.807) is 13.0 Å². The van der Waals surface area contributed by atoms with Crippen LogP contribution in [0.2, 0.25) is 0 Å². The molecule has 0 fully saturated rings. The number of hydrogen-bond donors (Lipinski definition) is 2. The Morgan fingerprint density at radius 1 is 1.06 bits per heavy atom. The number of esters is 2. The SMILES string of the molecule is CC(=O)Oc1ccc2c(c1OC(C)=O)CC(c1ccccc1)C=C2CNC(=O)[C@H](C)N. The van der Waals surface area contributed by atoms with Gasteiger partial charge in [-0.1, -0.05) is 42.5 Å².